The third kappa shape index (κ3) is 3.47. The SMILES string of the molecule is Nc1ccc(Cl)cc1S(=O)(=O)NCc1ccc(F)cc1. The van der Waals surface area contributed by atoms with Gasteiger partial charge < -0.3 is 5.73 Å². The summed E-state index contributed by atoms with van der Waals surface area (Å²) in [5.41, 5.74) is 6.38. The lowest BCUT2D eigenvalue weighted by Crippen LogP contribution is -2.24. The number of hydrogen-bond donors (Lipinski definition) is 2. The monoisotopic (exact) mass is 314 g/mol. The van der Waals surface area contributed by atoms with Gasteiger partial charge in [-0.1, -0.05) is 23.7 Å². The first-order valence-corrected chi connectivity index (χ1v) is 7.54. The lowest BCUT2D eigenvalue weighted by molar-refractivity contribution is 0.581. The predicted octanol–water partition coefficient (Wildman–Crippen LogP) is 2.54. The van der Waals surface area contributed by atoms with Crippen molar-refractivity contribution in [3.05, 3.63) is 58.9 Å². The Hall–Kier alpha value is -1.63. The zero-order valence-electron chi connectivity index (χ0n) is 10.3. The Morgan fingerprint density at radius 1 is 1.15 bits per heavy atom. The van der Waals surface area contributed by atoms with E-state index in [1.807, 2.05) is 0 Å². The van der Waals surface area contributed by atoms with E-state index in [9.17, 15) is 12.8 Å². The zero-order valence-corrected chi connectivity index (χ0v) is 11.9. The van der Waals surface area contributed by atoms with Crippen LogP contribution in [0.3, 0.4) is 0 Å². The van der Waals surface area contributed by atoms with Gasteiger partial charge in [0.05, 0.1) is 5.69 Å². The minimum Gasteiger partial charge on any atom is -0.398 e. The molecule has 2 aromatic rings. The van der Waals surface area contributed by atoms with Crippen molar-refractivity contribution in [1.29, 1.82) is 0 Å². The van der Waals surface area contributed by atoms with E-state index in [1.165, 1.54) is 42.5 Å². The van der Waals surface area contributed by atoms with Gasteiger partial charge in [-0.25, -0.2) is 17.5 Å². The summed E-state index contributed by atoms with van der Waals surface area (Å²) in [4.78, 5) is -0.0767. The minimum absolute atomic E-state index is 0.0363. The van der Waals surface area contributed by atoms with Crippen molar-refractivity contribution >= 4 is 27.3 Å². The molecule has 2 aromatic carbocycles. The largest absolute Gasteiger partial charge is 0.398 e. The number of benzene rings is 2. The molecule has 0 bridgehead atoms. The van der Waals surface area contributed by atoms with Crippen molar-refractivity contribution in [2.75, 3.05) is 5.73 Å². The Bertz CT molecular complexity index is 718. The van der Waals surface area contributed by atoms with Crippen LogP contribution >= 0.6 is 11.6 Å². The van der Waals surface area contributed by atoms with E-state index in [1.54, 1.807) is 0 Å². The normalized spacial score (nSPS) is 11.5. The molecule has 0 fully saturated rings. The van der Waals surface area contributed by atoms with Gasteiger partial charge in [0.25, 0.3) is 0 Å². The van der Waals surface area contributed by atoms with Crippen molar-refractivity contribution in [2.24, 2.45) is 0 Å². The number of halogens is 2. The number of hydrogen-bond acceptors (Lipinski definition) is 3. The molecule has 3 N–H and O–H groups in total. The van der Waals surface area contributed by atoms with Gasteiger partial charge in [-0.2, -0.15) is 0 Å². The van der Waals surface area contributed by atoms with E-state index < -0.39 is 10.0 Å². The Balaban J connectivity index is 2.19. The van der Waals surface area contributed by atoms with Crippen LogP contribution in [-0.2, 0) is 16.6 Å². The summed E-state index contributed by atoms with van der Waals surface area (Å²) in [6.45, 7) is 0.0363. The maximum absolute atomic E-state index is 12.8. The van der Waals surface area contributed by atoms with E-state index in [-0.39, 0.29) is 28.0 Å². The van der Waals surface area contributed by atoms with Crippen LogP contribution in [0.1, 0.15) is 5.56 Å². The highest BCUT2D eigenvalue weighted by molar-refractivity contribution is 7.89. The molecule has 0 aliphatic heterocycles. The summed E-state index contributed by atoms with van der Waals surface area (Å²) in [6.07, 6.45) is 0. The van der Waals surface area contributed by atoms with E-state index in [4.69, 9.17) is 17.3 Å². The lowest BCUT2D eigenvalue weighted by atomic mass is 10.2. The van der Waals surface area contributed by atoms with Crippen LogP contribution < -0.4 is 10.5 Å². The third-order valence-electron chi connectivity index (χ3n) is 2.64. The summed E-state index contributed by atoms with van der Waals surface area (Å²) in [5.74, 6) is -0.379. The fraction of sp³-hybridized carbons (Fsp3) is 0.0769. The molecular weight excluding hydrogens is 303 g/mol. The van der Waals surface area contributed by atoms with Crippen molar-refractivity contribution in [2.45, 2.75) is 11.4 Å². The van der Waals surface area contributed by atoms with Crippen molar-refractivity contribution < 1.29 is 12.8 Å². The van der Waals surface area contributed by atoms with Crippen LogP contribution in [-0.4, -0.2) is 8.42 Å². The van der Waals surface area contributed by atoms with E-state index >= 15 is 0 Å². The first-order chi connectivity index (χ1) is 9.38. The molecule has 7 heteroatoms. The maximum atomic E-state index is 12.8. The summed E-state index contributed by atoms with van der Waals surface area (Å²) >= 11 is 5.77. The molecule has 0 atom stereocenters. The van der Waals surface area contributed by atoms with Crippen LogP contribution in [0.5, 0.6) is 0 Å². The number of anilines is 1. The van der Waals surface area contributed by atoms with Gasteiger partial charge in [-0.3, -0.25) is 0 Å². The fourth-order valence-corrected chi connectivity index (χ4v) is 3.01. The molecule has 0 amide bonds. The smallest absolute Gasteiger partial charge is 0.242 e. The molecule has 0 heterocycles. The Morgan fingerprint density at radius 2 is 1.80 bits per heavy atom. The van der Waals surface area contributed by atoms with Gasteiger partial charge in [0, 0.05) is 11.6 Å². The highest BCUT2D eigenvalue weighted by atomic mass is 35.5. The standard InChI is InChI=1S/C13H12ClFN2O2S/c14-10-3-6-12(16)13(7-10)20(18,19)17-8-9-1-4-11(15)5-2-9/h1-7,17H,8,16H2. The van der Waals surface area contributed by atoms with E-state index in [0.29, 0.717) is 5.56 Å². The highest BCUT2D eigenvalue weighted by Gasteiger charge is 2.17. The molecule has 0 unspecified atom stereocenters. The van der Waals surface area contributed by atoms with Crippen LogP contribution in [0.15, 0.2) is 47.4 Å². The average molecular weight is 315 g/mol. The van der Waals surface area contributed by atoms with Crippen molar-refractivity contribution in [3.63, 3.8) is 0 Å². The molecule has 0 aromatic heterocycles. The van der Waals surface area contributed by atoms with Crippen LogP contribution in [0.4, 0.5) is 10.1 Å². The number of sulfonamides is 1. The first-order valence-electron chi connectivity index (χ1n) is 5.67. The Kier molecular flexibility index (Phi) is 4.27. The number of nitrogen functional groups attached to an aromatic ring is 1. The topological polar surface area (TPSA) is 72.2 Å². The van der Waals surface area contributed by atoms with E-state index in [2.05, 4.69) is 4.72 Å². The van der Waals surface area contributed by atoms with Crippen LogP contribution in [0.2, 0.25) is 5.02 Å². The molecule has 106 valence electrons. The second-order valence-electron chi connectivity index (χ2n) is 4.13. The van der Waals surface area contributed by atoms with Crippen molar-refractivity contribution in [1.82, 2.24) is 4.72 Å². The highest BCUT2D eigenvalue weighted by Crippen LogP contribution is 2.22. The predicted molar refractivity (Wildman–Crippen MR) is 76.3 cm³/mol. The molecular formula is C13H12ClFN2O2S. The molecule has 0 saturated heterocycles. The van der Waals surface area contributed by atoms with Gasteiger partial charge in [-0.15, -0.1) is 0 Å². The summed E-state index contributed by atoms with van der Waals surface area (Å²) in [6, 6.07) is 9.74. The number of rotatable bonds is 4. The third-order valence-corrected chi connectivity index (χ3v) is 4.34. The van der Waals surface area contributed by atoms with Gasteiger partial charge in [0.2, 0.25) is 10.0 Å². The Labute approximate surface area is 121 Å². The zero-order chi connectivity index (χ0) is 14.8. The number of nitrogens with one attached hydrogen (secondary N) is 1. The number of nitrogens with two attached hydrogens (primary N) is 1. The molecule has 0 aliphatic rings. The quantitative estimate of drug-likeness (QED) is 0.852. The minimum atomic E-state index is -3.77. The molecule has 0 spiro atoms. The fourth-order valence-electron chi connectivity index (χ4n) is 1.60. The first kappa shape index (κ1) is 14.8. The summed E-state index contributed by atoms with van der Waals surface area (Å²) in [5, 5.41) is 0.279. The van der Waals surface area contributed by atoms with Gasteiger partial charge in [-0.05, 0) is 35.9 Å². The van der Waals surface area contributed by atoms with Gasteiger partial charge in [0.15, 0.2) is 0 Å². The lowest BCUT2D eigenvalue weighted by Gasteiger charge is -2.09. The average Bonchev–Trinajstić information content (AvgIpc) is 2.41. The van der Waals surface area contributed by atoms with E-state index in [0.717, 1.165) is 0 Å². The molecule has 0 saturated carbocycles. The van der Waals surface area contributed by atoms with Crippen molar-refractivity contribution in [3.8, 4) is 0 Å². The van der Waals surface area contributed by atoms with Crippen LogP contribution in [0.25, 0.3) is 0 Å². The maximum Gasteiger partial charge on any atom is 0.242 e. The second-order valence-corrected chi connectivity index (χ2v) is 6.30. The van der Waals surface area contributed by atoms with Crippen LogP contribution in [0, 0.1) is 5.82 Å². The molecule has 20 heavy (non-hydrogen) atoms. The molecule has 0 radical (unpaired) electrons. The molecule has 2 rings (SSSR count). The Morgan fingerprint density at radius 3 is 2.45 bits per heavy atom. The summed E-state index contributed by atoms with van der Waals surface area (Å²) < 4.78 is 39.4. The molecule has 4 nitrogen and oxygen atoms in total. The summed E-state index contributed by atoms with van der Waals surface area (Å²) in [7, 11) is -3.77. The second kappa shape index (κ2) is 5.78. The van der Waals surface area contributed by atoms with Gasteiger partial charge >= 0.3 is 0 Å². The van der Waals surface area contributed by atoms with Gasteiger partial charge in [0.1, 0.15) is 10.7 Å². The molecule has 0 aliphatic carbocycles.